The molecule has 1 aromatic carbocycles. The highest BCUT2D eigenvalue weighted by Crippen LogP contribution is 2.45. The Labute approximate surface area is 217 Å². The maximum Gasteiger partial charge on any atom is 0.269 e. The third-order valence-electron chi connectivity index (χ3n) is 7.68. The molecule has 1 fully saturated rings. The lowest BCUT2D eigenvalue weighted by Gasteiger charge is -2.21. The van der Waals surface area contributed by atoms with Crippen molar-refractivity contribution < 1.29 is 16.8 Å². The van der Waals surface area contributed by atoms with Crippen LogP contribution in [0.3, 0.4) is 0 Å². The zero-order chi connectivity index (χ0) is 26.8. The molecule has 198 valence electrons. The molecule has 5 rings (SSSR count). The number of fused-ring (bicyclic) bond motifs is 3. The Morgan fingerprint density at radius 2 is 1.70 bits per heavy atom. The summed E-state index contributed by atoms with van der Waals surface area (Å²) in [4.78, 5) is 4.62. The minimum Gasteiger partial charge on any atom is -0.274 e. The molecule has 0 spiro atoms. The quantitative estimate of drug-likeness (QED) is 0.355. The average Bonchev–Trinajstić information content (AvgIpc) is 3.53. The predicted octanol–water partition coefficient (Wildman–Crippen LogP) is 4.36. The monoisotopic (exact) mass is 543 g/mol. The molecule has 0 aliphatic heterocycles. The normalized spacial score (nSPS) is 21.3. The summed E-state index contributed by atoms with van der Waals surface area (Å²) in [5, 5.41) is 8.84. The van der Waals surface area contributed by atoms with Gasteiger partial charge in [0.15, 0.2) is 21.1 Å². The zero-order valence-corrected chi connectivity index (χ0v) is 23.4. The molecule has 3 heterocycles. The van der Waals surface area contributed by atoms with E-state index in [0.717, 1.165) is 24.2 Å². The standard InChI is InChI=1S/C26H33N5O4S2/c1-6-19-13-18(16-36(32,33)26(3,4)5)14-21(19)24-29-28-23-15-27-25-22(31(23)24)11-12-30(25)37(34,35)20-9-7-17(2)8-10-20/h7-12,15,18-19,21H,6,13-14,16H2,1-5H3/t18-,19+,21-/m0/s1. The summed E-state index contributed by atoms with van der Waals surface area (Å²) in [5.74, 6) is 1.20. The van der Waals surface area contributed by atoms with Crippen LogP contribution < -0.4 is 0 Å². The molecular weight excluding hydrogens is 510 g/mol. The molecular formula is C26H33N5O4S2. The van der Waals surface area contributed by atoms with Gasteiger partial charge in [0.1, 0.15) is 5.82 Å². The van der Waals surface area contributed by atoms with Gasteiger partial charge in [0.2, 0.25) is 0 Å². The molecule has 11 heteroatoms. The van der Waals surface area contributed by atoms with Crippen molar-refractivity contribution in [3.8, 4) is 0 Å². The van der Waals surface area contributed by atoms with E-state index in [1.807, 2.05) is 11.3 Å². The molecule has 3 atom stereocenters. The number of aryl methyl sites for hydroxylation is 1. The summed E-state index contributed by atoms with van der Waals surface area (Å²) >= 11 is 0. The van der Waals surface area contributed by atoms with Crippen molar-refractivity contribution in [2.45, 2.75) is 69.4 Å². The van der Waals surface area contributed by atoms with Gasteiger partial charge in [-0.15, -0.1) is 10.2 Å². The fourth-order valence-corrected chi connectivity index (χ4v) is 8.10. The molecule has 4 aromatic rings. The Hall–Kier alpha value is -2.79. The molecule has 0 saturated heterocycles. The highest BCUT2D eigenvalue weighted by Gasteiger charge is 2.41. The van der Waals surface area contributed by atoms with Crippen molar-refractivity contribution in [2.24, 2.45) is 11.8 Å². The van der Waals surface area contributed by atoms with Gasteiger partial charge in [-0.05, 0) is 70.6 Å². The van der Waals surface area contributed by atoms with E-state index in [0.29, 0.717) is 23.2 Å². The molecule has 3 aromatic heterocycles. The summed E-state index contributed by atoms with van der Waals surface area (Å²) in [6.07, 6.45) is 5.45. The van der Waals surface area contributed by atoms with Crippen LogP contribution in [-0.2, 0) is 19.9 Å². The molecule has 1 saturated carbocycles. The van der Waals surface area contributed by atoms with Gasteiger partial charge < -0.3 is 0 Å². The molecule has 1 aliphatic carbocycles. The highest BCUT2D eigenvalue weighted by atomic mass is 32.2. The van der Waals surface area contributed by atoms with Gasteiger partial charge >= 0.3 is 0 Å². The van der Waals surface area contributed by atoms with Gasteiger partial charge in [-0.2, -0.15) is 0 Å². The Bertz CT molecular complexity index is 1680. The van der Waals surface area contributed by atoms with Crippen LogP contribution in [-0.4, -0.2) is 50.9 Å². The average molecular weight is 544 g/mol. The largest absolute Gasteiger partial charge is 0.274 e. The minimum absolute atomic E-state index is 0.0165. The fraction of sp³-hybridized carbons (Fsp3) is 0.500. The lowest BCUT2D eigenvalue weighted by atomic mass is 9.93. The molecule has 37 heavy (non-hydrogen) atoms. The first-order valence-corrected chi connectivity index (χ1v) is 15.7. The highest BCUT2D eigenvalue weighted by molar-refractivity contribution is 7.92. The van der Waals surface area contributed by atoms with Crippen LogP contribution in [0.25, 0.3) is 16.8 Å². The molecule has 9 nitrogen and oxygen atoms in total. The fourth-order valence-electron chi connectivity index (χ4n) is 5.41. The van der Waals surface area contributed by atoms with E-state index in [4.69, 9.17) is 0 Å². The summed E-state index contributed by atoms with van der Waals surface area (Å²) in [7, 11) is -7.10. The number of benzene rings is 1. The van der Waals surface area contributed by atoms with Crippen LogP contribution >= 0.6 is 0 Å². The van der Waals surface area contributed by atoms with Crippen LogP contribution in [0.1, 0.15) is 64.3 Å². The van der Waals surface area contributed by atoms with Gasteiger partial charge in [-0.25, -0.2) is 25.8 Å². The van der Waals surface area contributed by atoms with Gasteiger partial charge in [0, 0.05) is 12.1 Å². The summed E-state index contributed by atoms with van der Waals surface area (Å²) in [6, 6.07) is 8.45. The van der Waals surface area contributed by atoms with E-state index in [1.165, 1.54) is 16.4 Å². The van der Waals surface area contributed by atoms with Gasteiger partial charge in [0.05, 0.1) is 27.1 Å². The van der Waals surface area contributed by atoms with Crippen LogP contribution in [0, 0.1) is 18.8 Å². The Kier molecular flexibility index (Phi) is 6.22. The number of sulfone groups is 1. The van der Waals surface area contributed by atoms with Crippen molar-refractivity contribution in [1.82, 2.24) is 23.6 Å². The first-order chi connectivity index (χ1) is 17.3. The molecule has 0 unspecified atom stereocenters. The summed E-state index contributed by atoms with van der Waals surface area (Å²) < 4.78 is 55.0. The molecule has 0 radical (unpaired) electrons. The summed E-state index contributed by atoms with van der Waals surface area (Å²) in [6.45, 7) is 9.26. The molecule has 1 aliphatic rings. The van der Waals surface area contributed by atoms with Gasteiger partial charge in [-0.1, -0.05) is 31.0 Å². The van der Waals surface area contributed by atoms with E-state index in [9.17, 15) is 16.8 Å². The maximum atomic E-state index is 13.4. The second-order valence-electron chi connectivity index (χ2n) is 11.2. The maximum absolute atomic E-state index is 13.4. The SMILES string of the molecule is CC[C@@H]1C[C@H](CS(=O)(=O)C(C)(C)C)C[C@@H]1c1nnc2cnc3c(ccn3S(=O)(=O)c3ccc(C)cc3)n12. The third kappa shape index (κ3) is 4.35. The number of hydrogen-bond donors (Lipinski definition) is 0. The van der Waals surface area contributed by atoms with E-state index < -0.39 is 24.6 Å². The Morgan fingerprint density at radius 1 is 1.00 bits per heavy atom. The number of nitrogens with zero attached hydrogens (tertiary/aromatic N) is 5. The van der Waals surface area contributed by atoms with Crippen molar-refractivity contribution in [3.05, 3.63) is 54.1 Å². The van der Waals surface area contributed by atoms with Crippen molar-refractivity contribution in [2.75, 3.05) is 5.75 Å². The van der Waals surface area contributed by atoms with E-state index in [-0.39, 0.29) is 28.4 Å². The zero-order valence-electron chi connectivity index (χ0n) is 21.8. The first-order valence-electron chi connectivity index (χ1n) is 12.6. The topological polar surface area (TPSA) is 116 Å². The second-order valence-corrected chi connectivity index (χ2v) is 15.8. The summed E-state index contributed by atoms with van der Waals surface area (Å²) in [5.41, 5.74) is 2.41. The van der Waals surface area contributed by atoms with E-state index in [2.05, 4.69) is 22.1 Å². The van der Waals surface area contributed by atoms with Gasteiger partial charge in [-0.3, -0.25) is 4.40 Å². The number of hydrogen-bond acceptors (Lipinski definition) is 7. The van der Waals surface area contributed by atoms with Crippen LogP contribution in [0.5, 0.6) is 0 Å². The minimum atomic E-state index is -3.85. The van der Waals surface area contributed by atoms with Crippen molar-refractivity contribution >= 4 is 36.7 Å². The van der Waals surface area contributed by atoms with Gasteiger partial charge in [0.25, 0.3) is 10.0 Å². The second kappa shape index (κ2) is 8.90. The van der Waals surface area contributed by atoms with E-state index in [1.54, 1.807) is 51.1 Å². The van der Waals surface area contributed by atoms with Crippen LogP contribution in [0.2, 0.25) is 0 Å². The predicted molar refractivity (Wildman–Crippen MR) is 143 cm³/mol. The Balaban J connectivity index is 1.56. The van der Waals surface area contributed by atoms with Crippen molar-refractivity contribution in [1.29, 1.82) is 0 Å². The Morgan fingerprint density at radius 3 is 2.35 bits per heavy atom. The molecule has 0 amide bonds. The molecule has 0 N–H and O–H groups in total. The molecule has 0 bridgehead atoms. The first kappa shape index (κ1) is 25.8. The lowest BCUT2D eigenvalue weighted by Crippen LogP contribution is -2.32. The third-order valence-corrected chi connectivity index (χ3v) is 12.1. The lowest BCUT2D eigenvalue weighted by molar-refractivity contribution is 0.447. The van der Waals surface area contributed by atoms with Crippen LogP contribution in [0.4, 0.5) is 0 Å². The van der Waals surface area contributed by atoms with E-state index >= 15 is 0 Å². The smallest absolute Gasteiger partial charge is 0.269 e. The van der Waals surface area contributed by atoms with Crippen molar-refractivity contribution in [3.63, 3.8) is 0 Å². The number of aromatic nitrogens is 5. The number of rotatable bonds is 6. The van der Waals surface area contributed by atoms with Crippen LogP contribution in [0.15, 0.2) is 47.6 Å².